The maximum atomic E-state index is 13.1. The molecule has 0 bridgehead atoms. The molecule has 8 nitrogen and oxygen atoms in total. The molecule has 1 amide bonds. The Morgan fingerprint density at radius 3 is 2.27 bits per heavy atom. The zero-order chi connectivity index (χ0) is 24.3. The third-order valence-electron chi connectivity index (χ3n) is 6.24. The number of aliphatic imine (C=N–C) groups is 1. The smallest absolute Gasteiger partial charge is 0.333 e. The normalized spacial score (nSPS) is 19.1. The van der Waals surface area contributed by atoms with Crippen molar-refractivity contribution in [2.24, 2.45) is 19.1 Å². The average molecular weight is 473 g/mol. The first-order chi connectivity index (χ1) is 15.6. The summed E-state index contributed by atoms with van der Waals surface area (Å²) in [7, 11) is 2.75. The highest BCUT2D eigenvalue weighted by Crippen LogP contribution is 2.27. The lowest BCUT2D eigenvalue weighted by atomic mass is 9.98. The standard InChI is InChI=1S/C24H32N4O4S/c1-6-17-10-12-18(13-11-17)25-21(20-22(30)26(4)24(32)27(5)23(20)31)33-14-19(29)28-15(2)8-7-9-16(28)3/h10-13,15-16,30H,6-9,14H2,1-5H3/t15-,16-/m1/s1. The Morgan fingerprint density at radius 2 is 1.70 bits per heavy atom. The first kappa shape index (κ1) is 24.8. The minimum absolute atomic E-state index is 0.0325. The third kappa shape index (κ3) is 5.24. The van der Waals surface area contributed by atoms with Crippen LogP contribution in [0.2, 0.25) is 0 Å². The summed E-state index contributed by atoms with van der Waals surface area (Å²) < 4.78 is 1.94. The van der Waals surface area contributed by atoms with E-state index in [2.05, 4.69) is 25.8 Å². The van der Waals surface area contributed by atoms with E-state index in [9.17, 15) is 19.5 Å². The number of hydrogen-bond donors (Lipinski definition) is 1. The minimum Gasteiger partial charge on any atom is -0.494 e. The summed E-state index contributed by atoms with van der Waals surface area (Å²) in [6.45, 7) is 6.16. The molecule has 2 atom stereocenters. The molecule has 0 radical (unpaired) electrons. The van der Waals surface area contributed by atoms with E-state index in [4.69, 9.17) is 0 Å². The predicted molar refractivity (Wildman–Crippen MR) is 133 cm³/mol. The summed E-state index contributed by atoms with van der Waals surface area (Å²) in [5, 5.41) is 10.9. The lowest BCUT2D eigenvalue weighted by Crippen LogP contribution is -2.48. The number of likely N-dealkylation sites (tertiary alicyclic amines) is 1. The summed E-state index contributed by atoms with van der Waals surface area (Å²) in [6.07, 6.45) is 3.91. The van der Waals surface area contributed by atoms with E-state index in [1.165, 1.54) is 14.1 Å². The molecule has 9 heteroatoms. The Kier molecular flexibility index (Phi) is 7.84. The van der Waals surface area contributed by atoms with Crippen LogP contribution >= 0.6 is 11.8 Å². The van der Waals surface area contributed by atoms with Crippen molar-refractivity contribution in [3.8, 4) is 5.88 Å². The van der Waals surface area contributed by atoms with E-state index >= 15 is 0 Å². The summed E-state index contributed by atoms with van der Waals surface area (Å²) in [6, 6.07) is 7.87. The maximum Gasteiger partial charge on any atom is 0.333 e. The number of piperidine rings is 1. The number of aromatic hydroxyl groups is 1. The number of rotatable bonds is 5. The quantitative estimate of drug-likeness (QED) is 0.533. The first-order valence-corrected chi connectivity index (χ1v) is 12.2. The lowest BCUT2D eigenvalue weighted by Gasteiger charge is -2.39. The monoisotopic (exact) mass is 472 g/mol. The van der Waals surface area contributed by atoms with Gasteiger partial charge in [-0.1, -0.05) is 30.8 Å². The zero-order valence-electron chi connectivity index (χ0n) is 19.9. The van der Waals surface area contributed by atoms with Gasteiger partial charge in [-0.3, -0.25) is 18.7 Å². The molecule has 2 heterocycles. The Balaban J connectivity index is 2.02. The van der Waals surface area contributed by atoms with Crippen LogP contribution in [0.1, 0.15) is 51.2 Å². The van der Waals surface area contributed by atoms with Crippen molar-refractivity contribution in [3.05, 3.63) is 56.2 Å². The molecule has 0 saturated carbocycles. The summed E-state index contributed by atoms with van der Waals surface area (Å²) in [5.41, 5.74) is 0.366. The number of aryl methyl sites for hydroxylation is 1. The van der Waals surface area contributed by atoms with Crippen LogP contribution in [0.4, 0.5) is 5.69 Å². The molecule has 0 spiro atoms. The van der Waals surface area contributed by atoms with Crippen molar-refractivity contribution in [3.63, 3.8) is 0 Å². The predicted octanol–water partition coefficient (Wildman–Crippen LogP) is 2.95. The van der Waals surface area contributed by atoms with Crippen molar-refractivity contribution >= 4 is 28.4 Å². The van der Waals surface area contributed by atoms with Crippen molar-refractivity contribution in [2.45, 2.75) is 58.5 Å². The van der Waals surface area contributed by atoms with E-state index < -0.39 is 17.1 Å². The Hall–Kier alpha value is -2.81. The van der Waals surface area contributed by atoms with Gasteiger partial charge in [0.1, 0.15) is 10.6 Å². The number of nitrogens with zero attached hydrogens (tertiary/aromatic N) is 4. The molecule has 1 aliphatic rings. The molecule has 33 heavy (non-hydrogen) atoms. The molecule has 1 N–H and O–H groups in total. The highest BCUT2D eigenvalue weighted by molar-refractivity contribution is 8.15. The van der Waals surface area contributed by atoms with E-state index in [0.29, 0.717) is 5.69 Å². The van der Waals surface area contributed by atoms with E-state index in [1.807, 2.05) is 29.2 Å². The van der Waals surface area contributed by atoms with Gasteiger partial charge in [-0.15, -0.1) is 0 Å². The van der Waals surface area contributed by atoms with Gasteiger partial charge in [0.05, 0.1) is 11.4 Å². The molecule has 1 aromatic heterocycles. The van der Waals surface area contributed by atoms with Gasteiger partial charge in [-0.2, -0.15) is 0 Å². The Labute approximate surface area is 198 Å². The van der Waals surface area contributed by atoms with Crippen molar-refractivity contribution < 1.29 is 9.90 Å². The Morgan fingerprint density at radius 1 is 1.09 bits per heavy atom. The van der Waals surface area contributed by atoms with E-state index in [0.717, 1.165) is 52.1 Å². The fourth-order valence-electron chi connectivity index (χ4n) is 4.22. The number of benzene rings is 1. The average Bonchev–Trinajstić information content (AvgIpc) is 2.80. The van der Waals surface area contributed by atoms with Gasteiger partial charge in [0.2, 0.25) is 11.8 Å². The molecule has 1 fully saturated rings. The summed E-state index contributed by atoms with van der Waals surface area (Å²) >= 11 is 1.11. The SMILES string of the molecule is CCc1ccc(N=C(SCC(=O)N2[C@H](C)CCC[C@H]2C)c2c(O)n(C)c(=O)n(C)c2=O)cc1. The summed E-state index contributed by atoms with van der Waals surface area (Å²) in [4.78, 5) is 44.8. The Bertz CT molecular complexity index is 1160. The highest BCUT2D eigenvalue weighted by Gasteiger charge is 2.30. The number of thioether (sulfide) groups is 1. The van der Waals surface area contributed by atoms with Gasteiger partial charge in [-0.05, 0) is 57.2 Å². The van der Waals surface area contributed by atoms with Gasteiger partial charge in [-0.25, -0.2) is 9.79 Å². The molecule has 0 unspecified atom stereocenters. The third-order valence-corrected chi connectivity index (χ3v) is 7.20. The van der Waals surface area contributed by atoms with Crippen LogP contribution in [0.3, 0.4) is 0 Å². The van der Waals surface area contributed by atoms with Gasteiger partial charge >= 0.3 is 5.69 Å². The lowest BCUT2D eigenvalue weighted by molar-refractivity contribution is -0.134. The van der Waals surface area contributed by atoms with Crippen LogP contribution < -0.4 is 11.2 Å². The number of hydrogen-bond acceptors (Lipinski definition) is 6. The molecule has 2 aromatic rings. The van der Waals surface area contributed by atoms with Crippen LogP contribution in [0.15, 0.2) is 38.8 Å². The van der Waals surface area contributed by atoms with Crippen molar-refractivity contribution in [1.29, 1.82) is 0 Å². The fourth-order valence-corrected chi connectivity index (χ4v) is 5.12. The van der Waals surface area contributed by atoms with Crippen LogP contribution in [0.5, 0.6) is 5.88 Å². The van der Waals surface area contributed by atoms with Gasteiger partial charge in [0.25, 0.3) is 5.56 Å². The first-order valence-electron chi connectivity index (χ1n) is 11.3. The molecular formula is C24H32N4O4S. The zero-order valence-corrected chi connectivity index (χ0v) is 20.7. The van der Waals surface area contributed by atoms with Crippen molar-refractivity contribution in [2.75, 3.05) is 5.75 Å². The minimum atomic E-state index is -0.654. The molecule has 1 aliphatic heterocycles. The molecule has 0 aliphatic carbocycles. The number of carbonyl (C=O) groups excluding carboxylic acids is 1. The van der Waals surface area contributed by atoms with Crippen LogP contribution in [0, 0.1) is 0 Å². The van der Waals surface area contributed by atoms with Gasteiger partial charge in [0.15, 0.2) is 0 Å². The molecule has 1 aromatic carbocycles. The number of amides is 1. The van der Waals surface area contributed by atoms with Crippen molar-refractivity contribution in [1.82, 2.24) is 14.0 Å². The number of carbonyl (C=O) groups is 1. The van der Waals surface area contributed by atoms with Crippen LogP contribution in [-0.4, -0.2) is 47.9 Å². The van der Waals surface area contributed by atoms with E-state index in [-0.39, 0.29) is 34.4 Å². The topological polar surface area (TPSA) is 96.9 Å². The highest BCUT2D eigenvalue weighted by atomic mass is 32.2. The largest absolute Gasteiger partial charge is 0.494 e. The van der Waals surface area contributed by atoms with Crippen LogP contribution in [0.25, 0.3) is 0 Å². The molecule has 178 valence electrons. The summed E-state index contributed by atoms with van der Waals surface area (Å²) in [5.74, 6) is -0.423. The van der Waals surface area contributed by atoms with E-state index in [1.54, 1.807) is 0 Å². The molecule has 3 rings (SSSR count). The second-order valence-electron chi connectivity index (χ2n) is 8.56. The van der Waals surface area contributed by atoms with Crippen LogP contribution in [-0.2, 0) is 25.3 Å². The second-order valence-corrected chi connectivity index (χ2v) is 9.52. The fraction of sp³-hybridized carbons (Fsp3) is 0.500. The molecular weight excluding hydrogens is 440 g/mol. The van der Waals surface area contributed by atoms with Gasteiger partial charge in [0, 0.05) is 26.2 Å². The number of aromatic nitrogens is 2. The second kappa shape index (κ2) is 10.4. The molecule has 1 saturated heterocycles. The maximum absolute atomic E-state index is 13.1. The van der Waals surface area contributed by atoms with Gasteiger partial charge < -0.3 is 10.0 Å².